The van der Waals surface area contributed by atoms with Gasteiger partial charge in [0.25, 0.3) is 0 Å². The fourth-order valence-corrected chi connectivity index (χ4v) is 4.06. The molecular formula is C15H21Cl2N. The molecule has 0 spiro atoms. The molecule has 100 valence electrons. The molecule has 1 aromatic rings. The minimum atomic E-state index is 0.112. The van der Waals surface area contributed by atoms with E-state index in [1.807, 2.05) is 25.2 Å². The number of rotatable bonds is 3. The molecule has 1 aliphatic rings. The van der Waals surface area contributed by atoms with E-state index in [1.54, 1.807) is 0 Å². The lowest BCUT2D eigenvalue weighted by Crippen LogP contribution is -2.37. The van der Waals surface area contributed by atoms with Crippen molar-refractivity contribution in [2.45, 2.75) is 43.9 Å². The van der Waals surface area contributed by atoms with Crippen LogP contribution in [0, 0.1) is 0 Å². The van der Waals surface area contributed by atoms with Gasteiger partial charge in [-0.05, 0) is 37.6 Å². The van der Waals surface area contributed by atoms with E-state index in [0.717, 1.165) is 22.2 Å². The van der Waals surface area contributed by atoms with Crippen LogP contribution in [0.4, 0.5) is 0 Å². The Labute approximate surface area is 120 Å². The van der Waals surface area contributed by atoms with Gasteiger partial charge in [0.1, 0.15) is 0 Å². The average Bonchev–Trinajstić information content (AvgIpc) is 2.56. The van der Waals surface area contributed by atoms with Crippen molar-refractivity contribution >= 4 is 23.2 Å². The maximum Gasteiger partial charge on any atom is 0.0459 e. The number of nitrogens with one attached hydrogen (secondary N) is 1. The Kier molecular flexibility index (Phi) is 4.94. The van der Waals surface area contributed by atoms with Gasteiger partial charge in [0, 0.05) is 22.0 Å². The van der Waals surface area contributed by atoms with Gasteiger partial charge in [0.2, 0.25) is 0 Å². The Bertz CT molecular complexity index is 375. The van der Waals surface area contributed by atoms with E-state index in [-0.39, 0.29) is 5.41 Å². The van der Waals surface area contributed by atoms with Crippen LogP contribution < -0.4 is 5.32 Å². The number of benzene rings is 1. The zero-order chi connectivity index (χ0) is 13.0. The standard InChI is InChI=1S/C15H21Cl2N/c1-18-11-15(9-4-2-3-5-10-15)14-12(16)7-6-8-13(14)17/h6-8,18H,2-5,9-11H2,1H3. The number of likely N-dealkylation sites (N-methyl/N-ethyl adjacent to an activating group) is 1. The zero-order valence-corrected chi connectivity index (χ0v) is 12.4. The van der Waals surface area contributed by atoms with Crippen LogP contribution in [0.2, 0.25) is 10.0 Å². The van der Waals surface area contributed by atoms with Gasteiger partial charge in [-0.15, -0.1) is 0 Å². The van der Waals surface area contributed by atoms with Gasteiger partial charge in [0.15, 0.2) is 0 Å². The lowest BCUT2D eigenvalue weighted by molar-refractivity contribution is 0.358. The topological polar surface area (TPSA) is 12.0 Å². The van der Waals surface area contributed by atoms with Gasteiger partial charge in [-0.1, -0.05) is 55.0 Å². The van der Waals surface area contributed by atoms with Crippen molar-refractivity contribution in [2.24, 2.45) is 0 Å². The van der Waals surface area contributed by atoms with E-state index in [2.05, 4.69) is 5.32 Å². The highest BCUT2D eigenvalue weighted by Crippen LogP contribution is 2.44. The van der Waals surface area contributed by atoms with E-state index in [4.69, 9.17) is 23.2 Å². The SMILES string of the molecule is CNCC1(c2c(Cl)cccc2Cl)CCCCCC1. The molecule has 0 aliphatic heterocycles. The third-order valence-corrected chi connectivity index (χ3v) is 4.70. The summed E-state index contributed by atoms with van der Waals surface area (Å²) in [5.74, 6) is 0. The minimum Gasteiger partial charge on any atom is -0.319 e. The van der Waals surface area contributed by atoms with E-state index >= 15 is 0 Å². The third kappa shape index (κ3) is 2.84. The third-order valence-electron chi connectivity index (χ3n) is 4.07. The monoisotopic (exact) mass is 285 g/mol. The Morgan fingerprint density at radius 2 is 1.61 bits per heavy atom. The largest absolute Gasteiger partial charge is 0.319 e. The molecule has 0 saturated heterocycles. The number of hydrogen-bond donors (Lipinski definition) is 1. The van der Waals surface area contributed by atoms with Crippen molar-refractivity contribution in [1.29, 1.82) is 0 Å². The summed E-state index contributed by atoms with van der Waals surface area (Å²) in [6, 6.07) is 5.86. The van der Waals surface area contributed by atoms with Crippen LogP contribution >= 0.6 is 23.2 Å². The second kappa shape index (κ2) is 6.27. The van der Waals surface area contributed by atoms with Gasteiger partial charge < -0.3 is 5.32 Å². The summed E-state index contributed by atoms with van der Waals surface area (Å²) in [5.41, 5.74) is 1.27. The molecule has 1 N–H and O–H groups in total. The molecule has 1 nitrogen and oxygen atoms in total. The van der Waals surface area contributed by atoms with Crippen LogP contribution in [0.3, 0.4) is 0 Å². The normalized spacial score (nSPS) is 19.5. The zero-order valence-electron chi connectivity index (χ0n) is 10.9. The van der Waals surface area contributed by atoms with Crippen LogP contribution in [0.25, 0.3) is 0 Å². The van der Waals surface area contributed by atoms with E-state index in [0.29, 0.717) is 0 Å². The van der Waals surface area contributed by atoms with Gasteiger partial charge >= 0.3 is 0 Å². The summed E-state index contributed by atoms with van der Waals surface area (Å²) >= 11 is 12.9. The summed E-state index contributed by atoms with van der Waals surface area (Å²) in [6.45, 7) is 0.955. The predicted molar refractivity (Wildman–Crippen MR) is 79.8 cm³/mol. The van der Waals surface area contributed by atoms with Crippen molar-refractivity contribution in [1.82, 2.24) is 5.32 Å². The fraction of sp³-hybridized carbons (Fsp3) is 0.600. The lowest BCUT2D eigenvalue weighted by Gasteiger charge is -2.35. The van der Waals surface area contributed by atoms with Crippen molar-refractivity contribution in [2.75, 3.05) is 13.6 Å². The first-order valence-electron chi connectivity index (χ1n) is 6.79. The maximum absolute atomic E-state index is 6.43. The Morgan fingerprint density at radius 3 is 2.11 bits per heavy atom. The summed E-state index contributed by atoms with van der Waals surface area (Å²) in [7, 11) is 2.01. The van der Waals surface area contributed by atoms with Gasteiger partial charge in [-0.2, -0.15) is 0 Å². The molecule has 2 rings (SSSR count). The summed E-state index contributed by atoms with van der Waals surface area (Å²) in [4.78, 5) is 0. The second-order valence-electron chi connectivity index (χ2n) is 5.32. The molecule has 1 aliphatic carbocycles. The molecule has 1 saturated carbocycles. The van der Waals surface area contributed by atoms with Crippen LogP contribution in [0.5, 0.6) is 0 Å². The predicted octanol–water partition coefficient (Wildman–Crippen LogP) is 4.80. The van der Waals surface area contributed by atoms with Crippen molar-refractivity contribution in [3.63, 3.8) is 0 Å². The first kappa shape index (κ1) is 14.2. The molecular weight excluding hydrogens is 265 g/mol. The maximum atomic E-state index is 6.43. The lowest BCUT2D eigenvalue weighted by atomic mass is 9.74. The number of halogens is 2. The molecule has 18 heavy (non-hydrogen) atoms. The van der Waals surface area contributed by atoms with Crippen LogP contribution in [0.1, 0.15) is 44.1 Å². The fourth-order valence-electron chi connectivity index (χ4n) is 3.26. The molecule has 0 bridgehead atoms. The van der Waals surface area contributed by atoms with Crippen LogP contribution in [-0.2, 0) is 5.41 Å². The molecule has 3 heteroatoms. The van der Waals surface area contributed by atoms with Crippen molar-refractivity contribution in [3.8, 4) is 0 Å². The van der Waals surface area contributed by atoms with Crippen molar-refractivity contribution in [3.05, 3.63) is 33.8 Å². The smallest absolute Gasteiger partial charge is 0.0459 e. The molecule has 0 heterocycles. The van der Waals surface area contributed by atoms with Gasteiger partial charge in [0.05, 0.1) is 0 Å². The minimum absolute atomic E-state index is 0.112. The summed E-state index contributed by atoms with van der Waals surface area (Å²) < 4.78 is 0. The molecule has 1 aromatic carbocycles. The van der Waals surface area contributed by atoms with Crippen LogP contribution in [-0.4, -0.2) is 13.6 Å². The quantitative estimate of drug-likeness (QED) is 0.787. The van der Waals surface area contributed by atoms with Gasteiger partial charge in [-0.25, -0.2) is 0 Å². The molecule has 1 fully saturated rings. The highest BCUT2D eigenvalue weighted by atomic mass is 35.5. The highest BCUT2D eigenvalue weighted by molar-refractivity contribution is 6.36. The van der Waals surface area contributed by atoms with Crippen LogP contribution in [0.15, 0.2) is 18.2 Å². The second-order valence-corrected chi connectivity index (χ2v) is 6.14. The summed E-state index contributed by atoms with van der Waals surface area (Å²) in [6.07, 6.45) is 7.54. The van der Waals surface area contributed by atoms with Crippen molar-refractivity contribution < 1.29 is 0 Å². The highest BCUT2D eigenvalue weighted by Gasteiger charge is 2.35. The number of hydrogen-bond acceptors (Lipinski definition) is 1. The molecule has 0 amide bonds. The first-order chi connectivity index (χ1) is 8.69. The molecule has 0 radical (unpaired) electrons. The Morgan fingerprint density at radius 1 is 1.06 bits per heavy atom. The van der Waals surface area contributed by atoms with E-state index in [9.17, 15) is 0 Å². The molecule has 0 atom stereocenters. The first-order valence-corrected chi connectivity index (χ1v) is 7.54. The van der Waals surface area contributed by atoms with E-state index in [1.165, 1.54) is 38.5 Å². The van der Waals surface area contributed by atoms with Gasteiger partial charge in [-0.3, -0.25) is 0 Å². The Balaban J connectivity index is 2.45. The molecule has 0 aromatic heterocycles. The molecule has 0 unspecified atom stereocenters. The Hall–Kier alpha value is -0.240. The average molecular weight is 286 g/mol. The summed E-state index contributed by atoms with van der Waals surface area (Å²) in [5, 5.41) is 4.98. The van der Waals surface area contributed by atoms with E-state index < -0.39 is 0 Å².